The van der Waals surface area contributed by atoms with Crippen LogP contribution in [0.1, 0.15) is 10.4 Å². The van der Waals surface area contributed by atoms with E-state index in [2.05, 4.69) is 109 Å². The number of hydrogen-bond acceptors (Lipinski definition) is 3. The Morgan fingerprint density at radius 3 is 1.30 bits per heavy atom. The van der Waals surface area contributed by atoms with E-state index in [0.29, 0.717) is 10.9 Å². The number of rotatable bonds is 4. The smallest absolute Gasteiger partial charge is 0.337 e. The first-order chi connectivity index (χ1) is 21.6. The van der Waals surface area contributed by atoms with Gasteiger partial charge in [0.05, 0.1) is 12.7 Å². The van der Waals surface area contributed by atoms with Crippen molar-refractivity contribution in [3.8, 4) is 0 Å². The third-order valence-electron chi connectivity index (χ3n) is 9.34. The van der Waals surface area contributed by atoms with Gasteiger partial charge in [0.15, 0.2) is 7.14 Å². The van der Waals surface area contributed by atoms with Crippen molar-refractivity contribution in [2.45, 2.75) is 0 Å². The van der Waals surface area contributed by atoms with Crippen molar-refractivity contribution < 1.29 is 14.1 Å². The molecule has 0 aromatic heterocycles. The van der Waals surface area contributed by atoms with Crippen molar-refractivity contribution >= 4 is 93.7 Å². The second-order valence-electron chi connectivity index (χ2n) is 11.5. The summed E-state index contributed by atoms with van der Waals surface area (Å²) in [5.74, 6) is -0.420. The van der Waals surface area contributed by atoms with Gasteiger partial charge in [-0.25, -0.2) is 4.79 Å². The third kappa shape index (κ3) is 3.33. The standard InChI is InChI=1S/C40H25O3P/c1-43-40(41)30-12-18-31(19-13-30)44(42,34-22-16-28-10-8-24-4-2-6-26-14-20-32(34)38(28)36(24)26)35-23-17-29-11-9-25-5-3-7-27-15-21-33(35)39(29)37(25)27/h2-23H,1H3. The van der Waals surface area contributed by atoms with Crippen LogP contribution >= 0.6 is 7.14 Å². The Morgan fingerprint density at radius 1 is 0.477 bits per heavy atom. The van der Waals surface area contributed by atoms with Gasteiger partial charge in [0, 0.05) is 15.9 Å². The monoisotopic (exact) mass is 584 g/mol. The van der Waals surface area contributed by atoms with E-state index >= 15 is 4.57 Å². The maximum atomic E-state index is 16.3. The largest absolute Gasteiger partial charge is 0.465 e. The van der Waals surface area contributed by atoms with E-state index in [1.54, 1.807) is 12.1 Å². The Kier molecular flexibility index (Phi) is 5.24. The van der Waals surface area contributed by atoms with E-state index in [1.807, 2.05) is 12.1 Å². The zero-order valence-corrected chi connectivity index (χ0v) is 24.8. The summed E-state index contributed by atoms with van der Waals surface area (Å²) in [5, 5.41) is 15.8. The first kappa shape index (κ1) is 25.3. The van der Waals surface area contributed by atoms with Gasteiger partial charge in [-0.3, -0.25) is 0 Å². The molecule has 0 unspecified atom stereocenters. The van der Waals surface area contributed by atoms with Crippen LogP contribution in [0.3, 0.4) is 0 Å². The first-order valence-electron chi connectivity index (χ1n) is 14.7. The highest BCUT2D eigenvalue weighted by Crippen LogP contribution is 2.49. The van der Waals surface area contributed by atoms with Gasteiger partial charge in [0.2, 0.25) is 0 Å². The lowest BCUT2D eigenvalue weighted by Gasteiger charge is -2.25. The Bertz CT molecular complexity index is 2450. The molecule has 0 bridgehead atoms. The highest BCUT2D eigenvalue weighted by molar-refractivity contribution is 7.86. The van der Waals surface area contributed by atoms with Gasteiger partial charge in [0.25, 0.3) is 0 Å². The lowest BCUT2D eigenvalue weighted by Crippen LogP contribution is -2.26. The van der Waals surface area contributed by atoms with Gasteiger partial charge in [-0.1, -0.05) is 109 Å². The predicted octanol–water partition coefficient (Wildman–Crippen LogP) is 8.91. The quantitative estimate of drug-likeness (QED) is 0.118. The van der Waals surface area contributed by atoms with Crippen molar-refractivity contribution in [3.63, 3.8) is 0 Å². The summed E-state index contributed by atoms with van der Waals surface area (Å²) < 4.78 is 21.3. The van der Waals surface area contributed by atoms with Crippen LogP contribution < -0.4 is 15.9 Å². The summed E-state index contributed by atoms with van der Waals surface area (Å²) >= 11 is 0. The average Bonchev–Trinajstić information content (AvgIpc) is 3.09. The minimum absolute atomic E-state index is 0.420. The molecule has 0 radical (unpaired) electrons. The molecule has 4 heteroatoms. The predicted molar refractivity (Wildman–Crippen MR) is 185 cm³/mol. The minimum atomic E-state index is -3.50. The number of hydrogen-bond donors (Lipinski definition) is 0. The second kappa shape index (κ2) is 9.13. The molecule has 0 fully saturated rings. The van der Waals surface area contributed by atoms with Gasteiger partial charge in [0.1, 0.15) is 0 Å². The van der Waals surface area contributed by atoms with Gasteiger partial charge in [-0.2, -0.15) is 0 Å². The van der Waals surface area contributed by atoms with Crippen LogP contribution in [0.4, 0.5) is 0 Å². The molecule has 9 rings (SSSR count). The van der Waals surface area contributed by atoms with Crippen LogP contribution in [0.15, 0.2) is 133 Å². The molecule has 0 N–H and O–H groups in total. The number of ether oxygens (including phenoxy) is 1. The minimum Gasteiger partial charge on any atom is -0.465 e. The van der Waals surface area contributed by atoms with Crippen molar-refractivity contribution in [2.75, 3.05) is 7.11 Å². The molecular weight excluding hydrogens is 559 g/mol. The van der Waals surface area contributed by atoms with E-state index in [0.717, 1.165) is 64.5 Å². The van der Waals surface area contributed by atoms with Crippen molar-refractivity contribution in [1.82, 2.24) is 0 Å². The number of methoxy groups -OCH3 is 1. The molecule has 9 aromatic rings. The Hall–Kier alpha value is -5.24. The van der Waals surface area contributed by atoms with E-state index in [9.17, 15) is 4.79 Å². The van der Waals surface area contributed by atoms with Crippen LogP contribution in [-0.4, -0.2) is 13.1 Å². The van der Waals surface area contributed by atoms with Crippen LogP contribution in [0.5, 0.6) is 0 Å². The van der Waals surface area contributed by atoms with Gasteiger partial charge < -0.3 is 9.30 Å². The first-order valence-corrected chi connectivity index (χ1v) is 16.4. The van der Waals surface area contributed by atoms with Crippen LogP contribution in [0.25, 0.3) is 64.6 Å². The maximum absolute atomic E-state index is 16.3. The van der Waals surface area contributed by atoms with E-state index in [4.69, 9.17) is 4.74 Å². The fourth-order valence-corrected chi connectivity index (χ4v) is 10.3. The normalized spacial score (nSPS) is 12.4. The highest BCUT2D eigenvalue weighted by Gasteiger charge is 2.34. The summed E-state index contributed by atoms with van der Waals surface area (Å²) in [5.41, 5.74) is 0.425. The van der Waals surface area contributed by atoms with Crippen molar-refractivity contribution in [3.05, 3.63) is 139 Å². The summed E-state index contributed by atoms with van der Waals surface area (Å²) in [4.78, 5) is 12.4. The number of carbonyl (C=O) groups excluding carboxylic acids is 1. The van der Waals surface area contributed by atoms with E-state index < -0.39 is 13.1 Å². The molecule has 3 nitrogen and oxygen atoms in total. The van der Waals surface area contributed by atoms with Crippen LogP contribution in [0, 0.1) is 0 Å². The summed E-state index contributed by atoms with van der Waals surface area (Å²) in [7, 11) is -2.13. The van der Waals surface area contributed by atoms with Gasteiger partial charge in [-0.05, 0) is 88.9 Å². The lowest BCUT2D eigenvalue weighted by atomic mass is 9.94. The molecule has 0 aliphatic rings. The Balaban J connectivity index is 1.43. The number of carbonyl (C=O) groups is 1. The Labute approximate surface area is 253 Å². The van der Waals surface area contributed by atoms with Crippen molar-refractivity contribution in [1.29, 1.82) is 0 Å². The third-order valence-corrected chi connectivity index (χ3v) is 12.5. The fourth-order valence-electron chi connectivity index (χ4n) is 7.32. The van der Waals surface area contributed by atoms with E-state index in [1.165, 1.54) is 17.9 Å². The number of benzene rings is 9. The topological polar surface area (TPSA) is 43.4 Å². The SMILES string of the molecule is COC(=O)c1ccc(P(=O)(c2ccc3ccc4cccc5ccc2c3c45)c2ccc3ccc4cccc5ccc2c3c45)cc1. The molecule has 0 saturated carbocycles. The molecule has 0 saturated heterocycles. The molecular formula is C40H25O3P. The summed E-state index contributed by atoms with van der Waals surface area (Å²) in [6.07, 6.45) is 0. The molecule has 0 atom stereocenters. The summed E-state index contributed by atoms with van der Waals surface area (Å²) in [6.45, 7) is 0. The molecule has 9 aromatic carbocycles. The molecule has 0 amide bonds. The molecule has 44 heavy (non-hydrogen) atoms. The highest BCUT2D eigenvalue weighted by atomic mass is 31.2. The van der Waals surface area contributed by atoms with E-state index in [-0.39, 0.29) is 0 Å². The molecule has 0 aliphatic carbocycles. The number of esters is 1. The molecule has 0 aliphatic heterocycles. The molecule has 0 heterocycles. The molecule has 208 valence electrons. The zero-order valence-electron chi connectivity index (χ0n) is 23.9. The lowest BCUT2D eigenvalue weighted by molar-refractivity contribution is 0.0600. The van der Waals surface area contributed by atoms with Crippen LogP contribution in [0.2, 0.25) is 0 Å². The van der Waals surface area contributed by atoms with Crippen LogP contribution in [-0.2, 0) is 9.30 Å². The molecule has 0 spiro atoms. The average molecular weight is 585 g/mol. The summed E-state index contributed by atoms with van der Waals surface area (Å²) in [6, 6.07) is 45.3. The zero-order chi connectivity index (χ0) is 29.6. The van der Waals surface area contributed by atoms with Gasteiger partial charge >= 0.3 is 5.97 Å². The second-order valence-corrected chi connectivity index (χ2v) is 14.2. The van der Waals surface area contributed by atoms with Crippen molar-refractivity contribution in [2.24, 2.45) is 0 Å². The Morgan fingerprint density at radius 2 is 0.864 bits per heavy atom. The maximum Gasteiger partial charge on any atom is 0.337 e. The van der Waals surface area contributed by atoms with Gasteiger partial charge in [-0.15, -0.1) is 0 Å². The fraction of sp³-hybridized carbons (Fsp3) is 0.0250.